The molecule has 0 aliphatic heterocycles. The van der Waals surface area contributed by atoms with Gasteiger partial charge in [-0.3, -0.25) is 4.79 Å². The van der Waals surface area contributed by atoms with Gasteiger partial charge in [-0.1, -0.05) is 0 Å². The second-order valence-corrected chi connectivity index (χ2v) is 3.90. The molecule has 0 radical (unpaired) electrons. The summed E-state index contributed by atoms with van der Waals surface area (Å²) < 4.78 is 15.3. The van der Waals surface area contributed by atoms with E-state index in [1.165, 1.54) is 6.92 Å². The number of hydrogen-bond donors (Lipinski definition) is 0. The second kappa shape index (κ2) is 11.8. The fourth-order valence-electron chi connectivity index (χ4n) is 0.854. The predicted molar refractivity (Wildman–Crippen MR) is 61.3 cm³/mol. The first-order valence-electron chi connectivity index (χ1n) is 5.05. The molecule has 0 aromatic rings. The quantitative estimate of drug-likeness (QED) is 0.423. The largest absolute Gasteiger partial charge is 0.463 e. The van der Waals surface area contributed by atoms with E-state index in [0.29, 0.717) is 19.8 Å². The third-order valence-corrected chi connectivity index (χ3v) is 2.12. The Kier molecular flexibility index (Phi) is 11.6. The van der Waals surface area contributed by atoms with Crippen LogP contribution in [0.2, 0.25) is 0 Å². The minimum Gasteiger partial charge on any atom is -0.463 e. The van der Waals surface area contributed by atoms with Gasteiger partial charge < -0.3 is 14.2 Å². The summed E-state index contributed by atoms with van der Waals surface area (Å²) in [4.78, 5) is 10.4. The Morgan fingerprint density at radius 3 is 2.33 bits per heavy atom. The molecule has 0 saturated carbocycles. The smallest absolute Gasteiger partial charge is 0.302 e. The molecule has 0 heterocycles. The van der Waals surface area contributed by atoms with E-state index in [0.717, 1.165) is 25.4 Å². The van der Waals surface area contributed by atoms with Crippen LogP contribution in [0, 0.1) is 0 Å². The maximum Gasteiger partial charge on any atom is 0.302 e. The molecule has 0 saturated heterocycles. The lowest BCUT2D eigenvalue weighted by Gasteiger charge is -2.05. The molecule has 0 amide bonds. The van der Waals surface area contributed by atoms with Gasteiger partial charge in [0.2, 0.25) is 0 Å². The monoisotopic (exact) mass is 236 g/mol. The average molecular weight is 236 g/mol. The van der Waals surface area contributed by atoms with Crippen molar-refractivity contribution in [1.82, 2.24) is 0 Å². The molecule has 0 aromatic carbocycles. The van der Waals surface area contributed by atoms with Crippen molar-refractivity contribution in [1.29, 1.82) is 0 Å². The van der Waals surface area contributed by atoms with Crippen LogP contribution in [0.1, 0.15) is 13.3 Å². The van der Waals surface area contributed by atoms with Crippen molar-refractivity contribution in [3.63, 3.8) is 0 Å². The molecule has 0 bridgehead atoms. The van der Waals surface area contributed by atoms with Gasteiger partial charge in [0.05, 0.1) is 13.2 Å². The van der Waals surface area contributed by atoms with Gasteiger partial charge in [-0.2, -0.15) is 11.8 Å². The molecular weight excluding hydrogens is 216 g/mol. The highest BCUT2D eigenvalue weighted by molar-refractivity contribution is 7.98. The van der Waals surface area contributed by atoms with Gasteiger partial charge in [0, 0.05) is 25.9 Å². The van der Waals surface area contributed by atoms with E-state index >= 15 is 0 Å². The molecule has 0 atom stereocenters. The van der Waals surface area contributed by atoms with Crippen molar-refractivity contribution in [3.05, 3.63) is 0 Å². The van der Waals surface area contributed by atoms with Crippen molar-refractivity contribution < 1.29 is 19.0 Å². The van der Waals surface area contributed by atoms with E-state index in [9.17, 15) is 4.79 Å². The number of ether oxygens (including phenoxy) is 3. The van der Waals surface area contributed by atoms with Crippen LogP contribution in [0.15, 0.2) is 0 Å². The first kappa shape index (κ1) is 14.7. The number of rotatable bonds is 10. The van der Waals surface area contributed by atoms with Gasteiger partial charge in [0.1, 0.15) is 6.61 Å². The molecule has 90 valence electrons. The van der Waals surface area contributed by atoms with E-state index in [1.54, 1.807) is 11.8 Å². The topological polar surface area (TPSA) is 44.8 Å². The summed E-state index contributed by atoms with van der Waals surface area (Å²) in [6.45, 7) is 4.37. The molecule has 15 heavy (non-hydrogen) atoms. The van der Waals surface area contributed by atoms with Gasteiger partial charge in [-0.05, 0) is 12.7 Å². The third-order valence-electron chi connectivity index (χ3n) is 1.54. The number of carbonyl (C=O) groups excluding carboxylic acids is 1. The summed E-state index contributed by atoms with van der Waals surface area (Å²) in [6, 6.07) is 0. The zero-order valence-electron chi connectivity index (χ0n) is 9.49. The molecule has 5 heteroatoms. The first-order valence-corrected chi connectivity index (χ1v) is 6.44. The molecule has 0 N–H and O–H groups in total. The van der Waals surface area contributed by atoms with Gasteiger partial charge >= 0.3 is 5.97 Å². The Balaban J connectivity index is 2.89. The van der Waals surface area contributed by atoms with E-state index in [4.69, 9.17) is 14.2 Å². The molecule has 0 unspecified atom stereocenters. The van der Waals surface area contributed by atoms with E-state index in [-0.39, 0.29) is 5.97 Å². The lowest BCUT2D eigenvalue weighted by Crippen LogP contribution is -2.09. The van der Waals surface area contributed by atoms with Crippen LogP contribution in [0.25, 0.3) is 0 Å². The van der Waals surface area contributed by atoms with Crippen molar-refractivity contribution >= 4 is 17.7 Å². The molecule has 4 nitrogen and oxygen atoms in total. The predicted octanol–water partition coefficient (Wildman–Crippen LogP) is 1.34. The van der Waals surface area contributed by atoms with Crippen molar-refractivity contribution in [2.45, 2.75) is 13.3 Å². The number of thioether (sulfide) groups is 1. The van der Waals surface area contributed by atoms with Crippen LogP contribution >= 0.6 is 11.8 Å². The molecule has 0 fully saturated rings. The van der Waals surface area contributed by atoms with E-state index in [1.807, 2.05) is 0 Å². The Bertz CT molecular complexity index is 152. The van der Waals surface area contributed by atoms with Gasteiger partial charge in [0.25, 0.3) is 0 Å². The van der Waals surface area contributed by atoms with Crippen LogP contribution in [0.3, 0.4) is 0 Å². The summed E-state index contributed by atoms with van der Waals surface area (Å²) in [5, 5.41) is 0. The first-order chi connectivity index (χ1) is 7.27. The zero-order chi connectivity index (χ0) is 11.4. The second-order valence-electron chi connectivity index (χ2n) is 2.91. The van der Waals surface area contributed by atoms with E-state index in [2.05, 4.69) is 6.26 Å². The summed E-state index contributed by atoms with van der Waals surface area (Å²) in [6.07, 6.45) is 2.94. The summed E-state index contributed by atoms with van der Waals surface area (Å²) in [5.74, 6) is 0.770. The highest BCUT2D eigenvalue weighted by Crippen LogP contribution is 1.92. The minimum atomic E-state index is -0.265. The lowest BCUT2D eigenvalue weighted by molar-refractivity contribution is -0.142. The maximum atomic E-state index is 10.4. The summed E-state index contributed by atoms with van der Waals surface area (Å²) in [5.41, 5.74) is 0. The lowest BCUT2D eigenvalue weighted by atomic mass is 10.5. The average Bonchev–Trinajstić information content (AvgIpc) is 2.20. The van der Waals surface area contributed by atoms with Gasteiger partial charge in [0.15, 0.2) is 0 Å². The molecule has 0 rings (SSSR count). The van der Waals surface area contributed by atoms with Crippen LogP contribution in [0.4, 0.5) is 0 Å². The number of carbonyl (C=O) groups is 1. The fourth-order valence-corrected chi connectivity index (χ4v) is 1.14. The summed E-state index contributed by atoms with van der Waals surface area (Å²) in [7, 11) is 0. The van der Waals surface area contributed by atoms with Gasteiger partial charge in [-0.25, -0.2) is 0 Å². The van der Waals surface area contributed by atoms with Crippen LogP contribution in [0.5, 0.6) is 0 Å². The fraction of sp³-hybridized carbons (Fsp3) is 0.900. The molecule has 0 aliphatic carbocycles. The maximum absolute atomic E-state index is 10.4. The number of esters is 1. The molecule has 0 spiro atoms. The molecule has 0 aromatic heterocycles. The van der Waals surface area contributed by atoms with Crippen molar-refractivity contribution in [2.75, 3.05) is 45.0 Å². The van der Waals surface area contributed by atoms with Crippen LogP contribution in [-0.2, 0) is 19.0 Å². The van der Waals surface area contributed by atoms with Crippen LogP contribution < -0.4 is 0 Å². The minimum absolute atomic E-state index is 0.265. The van der Waals surface area contributed by atoms with Crippen molar-refractivity contribution in [2.24, 2.45) is 0 Å². The van der Waals surface area contributed by atoms with E-state index < -0.39 is 0 Å². The normalized spacial score (nSPS) is 10.3. The Hall–Kier alpha value is -0.260. The standard InChI is InChI=1S/C10H20O4S/c1-10(11)14-7-6-12-4-3-5-13-8-9-15-2/h3-9H2,1-2H3. The Morgan fingerprint density at radius 2 is 1.73 bits per heavy atom. The van der Waals surface area contributed by atoms with Crippen LogP contribution in [-0.4, -0.2) is 51.0 Å². The van der Waals surface area contributed by atoms with Gasteiger partial charge in [-0.15, -0.1) is 0 Å². The molecule has 0 aliphatic rings. The zero-order valence-corrected chi connectivity index (χ0v) is 10.3. The summed E-state index contributed by atoms with van der Waals surface area (Å²) >= 11 is 1.77. The third kappa shape index (κ3) is 13.7. The molecular formula is C10H20O4S. The Morgan fingerprint density at radius 1 is 1.07 bits per heavy atom. The SMILES string of the molecule is CSCCOCCCOCCOC(C)=O. The number of hydrogen-bond acceptors (Lipinski definition) is 5. The highest BCUT2D eigenvalue weighted by Gasteiger charge is 1.93. The van der Waals surface area contributed by atoms with Crippen molar-refractivity contribution in [3.8, 4) is 0 Å². The Labute approximate surface area is 95.6 Å². The highest BCUT2D eigenvalue weighted by atomic mass is 32.2.